The van der Waals surface area contributed by atoms with Crippen molar-refractivity contribution >= 4 is 17.2 Å². The maximum atomic E-state index is 9.32. The van der Waals surface area contributed by atoms with Crippen molar-refractivity contribution in [2.24, 2.45) is 5.73 Å². The van der Waals surface area contributed by atoms with E-state index in [2.05, 4.69) is 0 Å². The molecule has 5 heteroatoms. The third-order valence-electron chi connectivity index (χ3n) is 2.56. The second-order valence-electron chi connectivity index (χ2n) is 4.44. The number of nitrogens with two attached hydrogens (primary N) is 1. The number of thiocarbonyl (C=S) groups is 1. The number of hydrogen-bond donors (Lipinski definition) is 2. The highest BCUT2D eigenvalue weighted by molar-refractivity contribution is 7.80. The van der Waals surface area contributed by atoms with Gasteiger partial charge in [-0.3, -0.25) is 4.90 Å². The summed E-state index contributed by atoms with van der Waals surface area (Å²) in [6.07, 6.45) is -0.344. The molecule has 18 heavy (non-hydrogen) atoms. The van der Waals surface area contributed by atoms with Gasteiger partial charge >= 0.3 is 0 Å². The Hall–Kier alpha value is -1.17. The van der Waals surface area contributed by atoms with Crippen LogP contribution in [0.25, 0.3) is 0 Å². The van der Waals surface area contributed by atoms with E-state index in [0.29, 0.717) is 17.3 Å². The van der Waals surface area contributed by atoms with Crippen molar-refractivity contribution in [3.05, 3.63) is 29.3 Å². The van der Waals surface area contributed by atoms with E-state index >= 15 is 0 Å². The van der Waals surface area contributed by atoms with Crippen LogP contribution < -0.4 is 10.5 Å². The summed E-state index contributed by atoms with van der Waals surface area (Å²) >= 11 is 5.00. The first-order chi connectivity index (χ1) is 8.43. The third-order valence-corrected chi connectivity index (χ3v) is 2.78. The molecule has 4 nitrogen and oxygen atoms in total. The van der Waals surface area contributed by atoms with Gasteiger partial charge in [-0.25, -0.2) is 0 Å². The molecule has 1 rings (SSSR count). The molecular weight excluding hydrogens is 248 g/mol. The molecule has 1 atom stereocenters. The van der Waals surface area contributed by atoms with Crippen molar-refractivity contribution < 1.29 is 9.84 Å². The maximum absolute atomic E-state index is 9.32. The van der Waals surface area contributed by atoms with E-state index < -0.39 is 0 Å². The van der Waals surface area contributed by atoms with Crippen LogP contribution in [-0.2, 0) is 6.54 Å². The lowest BCUT2D eigenvalue weighted by atomic mass is 10.1. The Labute approximate surface area is 113 Å². The average Bonchev–Trinajstić information content (AvgIpc) is 2.27. The van der Waals surface area contributed by atoms with E-state index in [4.69, 9.17) is 22.7 Å². The molecule has 0 heterocycles. The van der Waals surface area contributed by atoms with Crippen LogP contribution in [0.15, 0.2) is 18.2 Å². The van der Waals surface area contributed by atoms with Crippen LogP contribution >= 0.6 is 12.2 Å². The number of methoxy groups -OCH3 is 1. The molecule has 0 fully saturated rings. The van der Waals surface area contributed by atoms with Crippen LogP contribution in [0.2, 0.25) is 0 Å². The van der Waals surface area contributed by atoms with Gasteiger partial charge in [-0.2, -0.15) is 0 Å². The normalized spacial score (nSPS) is 12.5. The molecule has 100 valence electrons. The van der Waals surface area contributed by atoms with Crippen molar-refractivity contribution in [2.45, 2.75) is 19.6 Å². The number of aliphatic hydroxyl groups is 1. The molecule has 0 saturated heterocycles. The molecule has 0 amide bonds. The van der Waals surface area contributed by atoms with Crippen molar-refractivity contribution in [2.75, 3.05) is 20.7 Å². The van der Waals surface area contributed by atoms with Crippen molar-refractivity contribution in [3.63, 3.8) is 0 Å². The highest BCUT2D eigenvalue weighted by Crippen LogP contribution is 2.20. The summed E-state index contributed by atoms with van der Waals surface area (Å²) in [4.78, 5) is 2.36. The fourth-order valence-corrected chi connectivity index (χ4v) is 2.03. The number of aliphatic hydroxyl groups excluding tert-OH is 1. The van der Waals surface area contributed by atoms with E-state index in [1.54, 1.807) is 14.0 Å². The van der Waals surface area contributed by atoms with Crippen LogP contribution in [0.4, 0.5) is 0 Å². The van der Waals surface area contributed by atoms with Gasteiger partial charge in [-0.15, -0.1) is 0 Å². The van der Waals surface area contributed by atoms with E-state index in [0.717, 1.165) is 17.7 Å². The minimum absolute atomic E-state index is 0.326. The fourth-order valence-electron chi connectivity index (χ4n) is 1.87. The van der Waals surface area contributed by atoms with Crippen LogP contribution in [-0.4, -0.2) is 41.8 Å². The SMILES string of the molecule is COc1ccc(CN(C)CC(C)O)cc1C(N)=S. The number of ether oxygens (including phenoxy) is 1. The van der Waals surface area contributed by atoms with Gasteiger partial charge in [0.15, 0.2) is 0 Å². The Bertz CT molecular complexity index is 421. The highest BCUT2D eigenvalue weighted by atomic mass is 32.1. The van der Waals surface area contributed by atoms with Gasteiger partial charge in [0.05, 0.1) is 18.8 Å². The quantitative estimate of drug-likeness (QED) is 0.758. The molecule has 3 N–H and O–H groups in total. The third kappa shape index (κ3) is 4.25. The number of nitrogens with zero attached hydrogens (tertiary/aromatic N) is 1. The van der Waals surface area contributed by atoms with E-state index in [-0.39, 0.29) is 6.10 Å². The summed E-state index contributed by atoms with van der Waals surface area (Å²) in [5, 5.41) is 9.32. The predicted octanol–water partition coefficient (Wildman–Crippen LogP) is 1.14. The smallest absolute Gasteiger partial charge is 0.129 e. The van der Waals surface area contributed by atoms with Gasteiger partial charge in [0.1, 0.15) is 10.7 Å². The maximum Gasteiger partial charge on any atom is 0.129 e. The molecule has 1 aromatic carbocycles. The Morgan fingerprint density at radius 1 is 1.56 bits per heavy atom. The second kappa shape index (κ2) is 6.68. The molecule has 0 saturated carbocycles. The second-order valence-corrected chi connectivity index (χ2v) is 4.88. The Morgan fingerprint density at radius 2 is 2.22 bits per heavy atom. The van der Waals surface area contributed by atoms with Crippen LogP contribution in [0.5, 0.6) is 5.75 Å². The molecule has 0 aliphatic heterocycles. The van der Waals surface area contributed by atoms with Gasteiger partial charge in [0.2, 0.25) is 0 Å². The largest absolute Gasteiger partial charge is 0.496 e. The predicted molar refractivity (Wildman–Crippen MR) is 76.9 cm³/mol. The van der Waals surface area contributed by atoms with Gasteiger partial charge in [0, 0.05) is 13.1 Å². The summed E-state index contributed by atoms with van der Waals surface area (Å²) in [5.41, 5.74) is 7.50. The molecule has 0 aliphatic carbocycles. The molecule has 1 aromatic rings. The Morgan fingerprint density at radius 3 is 2.72 bits per heavy atom. The van der Waals surface area contributed by atoms with Crippen LogP contribution in [0, 0.1) is 0 Å². The van der Waals surface area contributed by atoms with E-state index in [1.165, 1.54) is 0 Å². The Kier molecular flexibility index (Phi) is 5.53. The van der Waals surface area contributed by atoms with Crippen molar-refractivity contribution in [1.29, 1.82) is 0 Å². The number of likely N-dealkylation sites (N-methyl/N-ethyl adjacent to an activating group) is 1. The molecule has 0 spiro atoms. The van der Waals surface area contributed by atoms with Gasteiger partial charge in [0.25, 0.3) is 0 Å². The molecular formula is C13H20N2O2S. The summed E-state index contributed by atoms with van der Waals surface area (Å²) in [6.45, 7) is 3.11. The topological polar surface area (TPSA) is 58.7 Å². The highest BCUT2D eigenvalue weighted by Gasteiger charge is 2.09. The molecule has 1 unspecified atom stereocenters. The molecule has 0 aromatic heterocycles. The summed E-state index contributed by atoms with van der Waals surface area (Å²) in [7, 11) is 3.55. The number of benzene rings is 1. The van der Waals surface area contributed by atoms with Gasteiger partial charge in [-0.05, 0) is 31.7 Å². The first-order valence-corrected chi connectivity index (χ1v) is 6.18. The summed E-state index contributed by atoms with van der Waals surface area (Å²) in [6, 6.07) is 5.76. The first kappa shape index (κ1) is 14.9. The average molecular weight is 268 g/mol. The molecule has 0 aliphatic rings. The van der Waals surface area contributed by atoms with Crippen molar-refractivity contribution in [3.8, 4) is 5.75 Å². The summed E-state index contributed by atoms with van der Waals surface area (Å²) < 4.78 is 5.21. The van der Waals surface area contributed by atoms with E-state index in [9.17, 15) is 5.11 Å². The minimum Gasteiger partial charge on any atom is -0.496 e. The zero-order valence-electron chi connectivity index (χ0n) is 11.0. The standard InChI is InChI=1S/C13H20N2O2S/c1-9(16)7-15(2)8-10-4-5-12(17-3)11(6-10)13(14)18/h4-6,9,16H,7-8H2,1-3H3,(H2,14,18). The zero-order valence-corrected chi connectivity index (χ0v) is 11.8. The lowest BCUT2D eigenvalue weighted by Gasteiger charge is -2.19. The number of hydrogen-bond acceptors (Lipinski definition) is 4. The molecule has 0 radical (unpaired) electrons. The monoisotopic (exact) mass is 268 g/mol. The van der Waals surface area contributed by atoms with Crippen molar-refractivity contribution in [1.82, 2.24) is 4.90 Å². The first-order valence-electron chi connectivity index (χ1n) is 5.77. The van der Waals surface area contributed by atoms with Gasteiger partial charge in [-0.1, -0.05) is 18.3 Å². The number of rotatable bonds is 6. The Balaban J connectivity index is 2.85. The lowest BCUT2D eigenvalue weighted by Crippen LogP contribution is -2.26. The molecule has 0 bridgehead atoms. The summed E-state index contributed by atoms with van der Waals surface area (Å²) in [5.74, 6) is 0.685. The van der Waals surface area contributed by atoms with E-state index in [1.807, 2.05) is 30.1 Å². The lowest BCUT2D eigenvalue weighted by molar-refractivity contribution is 0.138. The minimum atomic E-state index is -0.344. The zero-order chi connectivity index (χ0) is 13.7. The fraction of sp³-hybridized carbons (Fsp3) is 0.462. The van der Waals surface area contributed by atoms with Crippen LogP contribution in [0.3, 0.4) is 0 Å². The van der Waals surface area contributed by atoms with Gasteiger partial charge < -0.3 is 15.6 Å². The van der Waals surface area contributed by atoms with Crippen LogP contribution in [0.1, 0.15) is 18.1 Å².